The number of aromatic hydroxyl groups is 1. The average Bonchev–Trinajstić information content (AvgIpc) is 2.44. The summed E-state index contributed by atoms with van der Waals surface area (Å²) >= 11 is 0. The van der Waals surface area contributed by atoms with Crippen LogP contribution in [-0.2, 0) is 25.2 Å². The van der Waals surface area contributed by atoms with Crippen molar-refractivity contribution in [2.75, 3.05) is 13.2 Å². The summed E-state index contributed by atoms with van der Waals surface area (Å²) in [4.78, 5) is 0. The lowest BCUT2D eigenvalue weighted by molar-refractivity contribution is 0.236. The van der Waals surface area contributed by atoms with Gasteiger partial charge in [0.15, 0.2) is 0 Å². The van der Waals surface area contributed by atoms with Crippen molar-refractivity contribution >= 4 is 7.60 Å². The molecule has 1 rings (SSSR count). The van der Waals surface area contributed by atoms with Gasteiger partial charge in [-0.25, -0.2) is 0 Å². The molecule has 0 saturated carbocycles. The Morgan fingerprint density at radius 2 is 1.73 bits per heavy atom. The van der Waals surface area contributed by atoms with Gasteiger partial charge in [0.2, 0.25) is 0 Å². The maximum atomic E-state index is 12.7. The zero-order chi connectivity index (χ0) is 16.8. The molecule has 22 heavy (non-hydrogen) atoms. The number of phenols is 1. The van der Waals surface area contributed by atoms with Gasteiger partial charge in [0.1, 0.15) is 5.75 Å². The fourth-order valence-corrected chi connectivity index (χ4v) is 3.53. The summed E-state index contributed by atoms with van der Waals surface area (Å²) in [5.41, 5.74) is 1.37. The van der Waals surface area contributed by atoms with E-state index >= 15 is 0 Å². The Hall–Kier alpha value is -1.35. The summed E-state index contributed by atoms with van der Waals surface area (Å²) < 4.78 is 23.4. The van der Waals surface area contributed by atoms with Crippen LogP contribution in [0.5, 0.6) is 5.75 Å². The van der Waals surface area contributed by atoms with E-state index in [0.717, 1.165) is 11.1 Å². The molecule has 0 aliphatic carbocycles. The summed E-state index contributed by atoms with van der Waals surface area (Å²) in [5, 5.41) is 9.99. The molecule has 0 aromatic heterocycles. The van der Waals surface area contributed by atoms with Gasteiger partial charge in [0.25, 0.3) is 0 Å². The normalized spacial score (nSPS) is 12.1. The van der Waals surface area contributed by atoms with Crippen LogP contribution in [0.3, 0.4) is 0 Å². The average molecular weight is 324 g/mol. The molecule has 0 amide bonds. The molecule has 0 radical (unpaired) electrons. The summed E-state index contributed by atoms with van der Waals surface area (Å²) in [6.45, 7) is 13.4. The quantitative estimate of drug-likeness (QED) is 0.552. The number of benzene rings is 1. The van der Waals surface area contributed by atoms with Gasteiger partial charge >= 0.3 is 7.60 Å². The molecule has 0 heterocycles. The highest BCUT2D eigenvalue weighted by Crippen LogP contribution is 2.51. The zero-order valence-electron chi connectivity index (χ0n) is 13.5. The Morgan fingerprint density at radius 1 is 1.18 bits per heavy atom. The minimum atomic E-state index is -3.29. The Labute approximate surface area is 133 Å². The maximum Gasteiger partial charge on any atom is 0.335 e. The van der Waals surface area contributed by atoms with Crippen LogP contribution in [0.15, 0.2) is 43.5 Å². The molecule has 4 nitrogen and oxygen atoms in total. The monoisotopic (exact) mass is 324 g/mol. The topological polar surface area (TPSA) is 55.8 Å². The molecular formula is C17H25O4P. The third kappa shape index (κ3) is 5.45. The van der Waals surface area contributed by atoms with Gasteiger partial charge in [-0.1, -0.05) is 45.1 Å². The molecule has 0 unspecified atom stereocenters. The van der Waals surface area contributed by atoms with Crippen molar-refractivity contribution in [3.63, 3.8) is 0 Å². The minimum Gasteiger partial charge on any atom is -0.508 e. The van der Waals surface area contributed by atoms with Crippen LogP contribution in [0.2, 0.25) is 0 Å². The van der Waals surface area contributed by atoms with Crippen molar-refractivity contribution in [2.45, 2.75) is 32.3 Å². The van der Waals surface area contributed by atoms with Crippen LogP contribution in [0, 0.1) is 0 Å². The maximum absolute atomic E-state index is 12.7. The molecule has 0 aliphatic rings. The first-order valence-electron chi connectivity index (χ1n) is 7.14. The Kier molecular flexibility index (Phi) is 6.61. The first kappa shape index (κ1) is 18.7. The van der Waals surface area contributed by atoms with Crippen LogP contribution < -0.4 is 0 Å². The molecule has 0 saturated heterocycles. The van der Waals surface area contributed by atoms with Crippen LogP contribution in [0.25, 0.3) is 0 Å². The lowest BCUT2D eigenvalue weighted by atomic mass is 9.85. The largest absolute Gasteiger partial charge is 0.508 e. The van der Waals surface area contributed by atoms with E-state index < -0.39 is 7.60 Å². The second-order valence-electron chi connectivity index (χ2n) is 6.04. The van der Waals surface area contributed by atoms with Gasteiger partial charge in [0, 0.05) is 0 Å². The zero-order valence-corrected chi connectivity index (χ0v) is 14.4. The Balaban J connectivity index is 3.05. The summed E-state index contributed by atoms with van der Waals surface area (Å²) in [6.07, 6.45) is 3.20. The summed E-state index contributed by atoms with van der Waals surface area (Å²) in [5.74, 6) is 0.227. The molecular weight excluding hydrogens is 299 g/mol. The SMILES string of the molecule is C=CCOP(=O)(Cc1ccc(O)c(C(C)(C)C)c1)OCC=C. The predicted molar refractivity (Wildman–Crippen MR) is 90.4 cm³/mol. The van der Waals surface area contributed by atoms with E-state index in [0.29, 0.717) is 0 Å². The van der Waals surface area contributed by atoms with E-state index in [1.165, 1.54) is 12.2 Å². The van der Waals surface area contributed by atoms with Gasteiger partial charge < -0.3 is 14.2 Å². The summed E-state index contributed by atoms with van der Waals surface area (Å²) in [7, 11) is -3.29. The molecule has 1 N–H and O–H groups in total. The van der Waals surface area contributed by atoms with Crippen molar-refractivity contribution in [3.05, 3.63) is 54.6 Å². The highest BCUT2D eigenvalue weighted by molar-refractivity contribution is 7.53. The third-order valence-corrected chi connectivity index (χ3v) is 4.86. The first-order valence-corrected chi connectivity index (χ1v) is 8.87. The Bertz CT molecular complexity index is 557. The highest BCUT2D eigenvalue weighted by atomic mass is 31.2. The second-order valence-corrected chi connectivity index (χ2v) is 8.09. The van der Waals surface area contributed by atoms with E-state index in [-0.39, 0.29) is 30.5 Å². The second kappa shape index (κ2) is 7.77. The van der Waals surface area contributed by atoms with Gasteiger partial charge in [-0.2, -0.15) is 0 Å². The van der Waals surface area contributed by atoms with E-state index in [1.54, 1.807) is 12.1 Å². The number of phenolic OH excluding ortho intramolecular Hbond substituents is 1. The fraction of sp³-hybridized carbons (Fsp3) is 0.412. The standard InChI is InChI=1S/C17H25O4P/c1-6-10-20-22(19,21-11-7-2)13-14-8-9-16(18)15(12-14)17(3,4)5/h6-9,12,18H,1-2,10-11,13H2,3-5H3. The van der Waals surface area contributed by atoms with Gasteiger partial charge in [-0.15, -0.1) is 13.2 Å². The molecule has 0 fully saturated rings. The number of hydrogen-bond donors (Lipinski definition) is 1. The minimum absolute atomic E-state index is 0.137. The van der Waals surface area contributed by atoms with E-state index in [4.69, 9.17) is 9.05 Å². The highest BCUT2D eigenvalue weighted by Gasteiger charge is 2.26. The Morgan fingerprint density at radius 3 is 2.18 bits per heavy atom. The third-order valence-electron chi connectivity index (χ3n) is 3.02. The van der Waals surface area contributed by atoms with E-state index in [1.807, 2.05) is 26.8 Å². The lowest BCUT2D eigenvalue weighted by Gasteiger charge is -2.22. The van der Waals surface area contributed by atoms with Crippen LogP contribution >= 0.6 is 7.60 Å². The van der Waals surface area contributed by atoms with Crippen LogP contribution in [0.4, 0.5) is 0 Å². The van der Waals surface area contributed by atoms with Gasteiger partial charge in [0.05, 0.1) is 19.4 Å². The van der Waals surface area contributed by atoms with Crippen molar-refractivity contribution in [3.8, 4) is 5.75 Å². The molecule has 122 valence electrons. The van der Waals surface area contributed by atoms with Gasteiger partial charge in [-0.3, -0.25) is 4.57 Å². The molecule has 1 aromatic carbocycles. The smallest absolute Gasteiger partial charge is 0.335 e. The van der Waals surface area contributed by atoms with Crippen molar-refractivity contribution in [1.29, 1.82) is 0 Å². The van der Waals surface area contributed by atoms with Crippen molar-refractivity contribution < 1.29 is 18.7 Å². The summed E-state index contributed by atoms with van der Waals surface area (Å²) in [6, 6.07) is 5.18. The molecule has 5 heteroatoms. The number of rotatable bonds is 8. The molecule has 1 aromatic rings. The lowest BCUT2D eigenvalue weighted by Crippen LogP contribution is -2.12. The van der Waals surface area contributed by atoms with Crippen LogP contribution in [0.1, 0.15) is 31.9 Å². The first-order chi connectivity index (χ1) is 10.2. The van der Waals surface area contributed by atoms with Crippen LogP contribution in [-0.4, -0.2) is 18.3 Å². The van der Waals surface area contributed by atoms with E-state index in [9.17, 15) is 9.67 Å². The molecule has 0 spiro atoms. The molecule has 0 aliphatic heterocycles. The number of hydrogen-bond acceptors (Lipinski definition) is 4. The predicted octanol–water partition coefficient (Wildman–Crippen LogP) is 4.79. The van der Waals surface area contributed by atoms with Crippen molar-refractivity contribution in [2.24, 2.45) is 0 Å². The molecule has 0 bridgehead atoms. The van der Waals surface area contributed by atoms with Crippen molar-refractivity contribution in [1.82, 2.24) is 0 Å². The van der Waals surface area contributed by atoms with E-state index in [2.05, 4.69) is 13.2 Å². The van der Waals surface area contributed by atoms with Gasteiger partial charge in [-0.05, 0) is 22.6 Å². The molecule has 0 atom stereocenters. The fourth-order valence-electron chi connectivity index (χ4n) is 1.97.